The van der Waals surface area contributed by atoms with Crippen LogP contribution in [0.5, 0.6) is 0 Å². The molecular weight excluding hydrogens is 356 g/mol. The minimum atomic E-state index is -4.11. The topological polar surface area (TPSA) is 57.6 Å². The average Bonchev–Trinajstić information content (AvgIpc) is 2.30. The van der Waals surface area contributed by atoms with Gasteiger partial charge in [-0.3, -0.25) is 0 Å². The molecule has 112 valence electrons. The van der Waals surface area contributed by atoms with E-state index in [-0.39, 0.29) is 23.5 Å². The lowest BCUT2D eigenvalue weighted by Crippen LogP contribution is -2.46. The third kappa shape index (κ3) is 2.88. The van der Waals surface area contributed by atoms with E-state index in [1.807, 2.05) is 6.92 Å². The second kappa shape index (κ2) is 5.67. The van der Waals surface area contributed by atoms with Crippen molar-refractivity contribution in [3.63, 3.8) is 0 Å². The molecule has 1 aliphatic rings. The molecule has 1 heterocycles. The standard InChI is InChI=1S/C12H14BrF2NO3S/c1-7-2-3-16(6-11(7)17)20(18,19)12-9(13)4-8(14)5-10(12)15/h4-5,7,11,17H,2-3,6H2,1H3. The second-order valence-corrected chi connectivity index (χ2v) is 7.62. The molecule has 2 atom stereocenters. The number of halogens is 3. The van der Waals surface area contributed by atoms with Crippen LogP contribution < -0.4 is 0 Å². The van der Waals surface area contributed by atoms with Crippen molar-refractivity contribution in [1.82, 2.24) is 4.31 Å². The van der Waals surface area contributed by atoms with E-state index in [1.165, 1.54) is 0 Å². The maximum atomic E-state index is 13.8. The van der Waals surface area contributed by atoms with Crippen LogP contribution in [0.15, 0.2) is 21.5 Å². The molecule has 0 saturated carbocycles. The van der Waals surface area contributed by atoms with Crippen LogP contribution in [0, 0.1) is 17.6 Å². The van der Waals surface area contributed by atoms with Crippen molar-refractivity contribution >= 4 is 26.0 Å². The molecule has 1 aromatic carbocycles. The predicted octanol–water partition coefficient (Wildman–Crippen LogP) is 2.12. The van der Waals surface area contributed by atoms with Gasteiger partial charge >= 0.3 is 0 Å². The van der Waals surface area contributed by atoms with E-state index in [4.69, 9.17) is 0 Å². The highest BCUT2D eigenvalue weighted by Crippen LogP contribution is 2.31. The smallest absolute Gasteiger partial charge is 0.247 e. The average molecular weight is 370 g/mol. The second-order valence-electron chi connectivity index (χ2n) is 4.89. The molecule has 0 bridgehead atoms. The molecule has 0 spiro atoms. The van der Waals surface area contributed by atoms with Crippen molar-refractivity contribution in [1.29, 1.82) is 0 Å². The van der Waals surface area contributed by atoms with Gasteiger partial charge in [0.05, 0.1) is 6.10 Å². The van der Waals surface area contributed by atoms with Crippen LogP contribution in [0.2, 0.25) is 0 Å². The number of sulfonamides is 1. The first kappa shape index (κ1) is 15.8. The zero-order valence-electron chi connectivity index (χ0n) is 10.7. The van der Waals surface area contributed by atoms with Crippen molar-refractivity contribution in [2.45, 2.75) is 24.3 Å². The van der Waals surface area contributed by atoms with Gasteiger partial charge in [-0.1, -0.05) is 6.92 Å². The van der Waals surface area contributed by atoms with Crippen LogP contribution in [-0.4, -0.2) is 37.0 Å². The van der Waals surface area contributed by atoms with E-state index in [0.29, 0.717) is 12.5 Å². The highest BCUT2D eigenvalue weighted by Gasteiger charge is 2.35. The van der Waals surface area contributed by atoms with E-state index in [9.17, 15) is 22.3 Å². The van der Waals surface area contributed by atoms with Crippen LogP contribution >= 0.6 is 15.9 Å². The lowest BCUT2D eigenvalue weighted by atomic mass is 9.98. The number of aliphatic hydroxyl groups excluding tert-OH is 1. The molecule has 0 radical (unpaired) electrons. The molecule has 1 saturated heterocycles. The Bertz CT molecular complexity index is 600. The van der Waals surface area contributed by atoms with Crippen molar-refractivity contribution < 1.29 is 22.3 Å². The Morgan fingerprint density at radius 2 is 2.05 bits per heavy atom. The fourth-order valence-electron chi connectivity index (χ4n) is 2.14. The van der Waals surface area contributed by atoms with Crippen LogP contribution in [0.4, 0.5) is 8.78 Å². The first-order chi connectivity index (χ1) is 9.23. The number of aliphatic hydroxyl groups is 1. The molecule has 4 nitrogen and oxygen atoms in total. The Morgan fingerprint density at radius 1 is 1.40 bits per heavy atom. The van der Waals surface area contributed by atoms with Crippen molar-refractivity contribution in [2.24, 2.45) is 5.92 Å². The fraction of sp³-hybridized carbons (Fsp3) is 0.500. The monoisotopic (exact) mass is 369 g/mol. The fourth-order valence-corrected chi connectivity index (χ4v) is 4.73. The number of hydrogen-bond donors (Lipinski definition) is 1. The van der Waals surface area contributed by atoms with Gasteiger partial charge in [-0.05, 0) is 34.3 Å². The van der Waals surface area contributed by atoms with Gasteiger partial charge in [-0.15, -0.1) is 0 Å². The molecule has 1 aromatic rings. The Morgan fingerprint density at radius 3 is 2.60 bits per heavy atom. The summed E-state index contributed by atoms with van der Waals surface area (Å²) < 4.78 is 52.5. The maximum absolute atomic E-state index is 13.8. The highest BCUT2D eigenvalue weighted by molar-refractivity contribution is 9.10. The maximum Gasteiger partial charge on any atom is 0.247 e. The van der Waals surface area contributed by atoms with Gasteiger partial charge in [-0.25, -0.2) is 17.2 Å². The minimum Gasteiger partial charge on any atom is -0.391 e. The summed E-state index contributed by atoms with van der Waals surface area (Å²) in [5, 5.41) is 9.77. The Balaban J connectivity index is 2.41. The highest BCUT2D eigenvalue weighted by atomic mass is 79.9. The van der Waals surface area contributed by atoms with Gasteiger partial charge < -0.3 is 5.11 Å². The summed E-state index contributed by atoms with van der Waals surface area (Å²) in [4.78, 5) is -0.597. The van der Waals surface area contributed by atoms with E-state index in [0.717, 1.165) is 10.4 Å². The van der Waals surface area contributed by atoms with E-state index in [1.54, 1.807) is 0 Å². The molecule has 1 N–H and O–H groups in total. The predicted molar refractivity (Wildman–Crippen MR) is 72.6 cm³/mol. The lowest BCUT2D eigenvalue weighted by Gasteiger charge is -2.33. The largest absolute Gasteiger partial charge is 0.391 e. The van der Waals surface area contributed by atoms with Crippen LogP contribution in [0.3, 0.4) is 0 Å². The van der Waals surface area contributed by atoms with Gasteiger partial charge in [0.25, 0.3) is 0 Å². The molecular formula is C12H14BrF2NO3S. The lowest BCUT2D eigenvalue weighted by molar-refractivity contribution is 0.0604. The van der Waals surface area contributed by atoms with E-state index >= 15 is 0 Å². The van der Waals surface area contributed by atoms with Gasteiger partial charge in [0.2, 0.25) is 10.0 Å². The summed E-state index contributed by atoms with van der Waals surface area (Å²) in [6.45, 7) is 1.93. The molecule has 1 aliphatic heterocycles. The molecule has 8 heteroatoms. The normalized spacial score (nSPS) is 24.9. The number of nitrogens with zero attached hydrogens (tertiary/aromatic N) is 1. The van der Waals surface area contributed by atoms with Gasteiger partial charge in [0.1, 0.15) is 16.5 Å². The molecule has 0 aromatic heterocycles. The molecule has 1 fully saturated rings. The van der Waals surface area contributed by atoms with Crippen molar-refractivity contribution in [3.05, 3.63) is 28.2 Å². The number of rotatable bonds is 2. The molecule has 20 heavy (non-hydrogen) atoms. The first-order valence-electron chi connectivity index (χ1n) is 6.06. The summed E-state index contributed by atoms with van der Waals surface area (Å²) in [6, 6.07) is 1.43. The van der Waals surface area contributed by atoms with Gasteiger partial charge in [0, 0.05) is 23.6 Å². The molecule has 0 amide bonds. The van der Waals surface area contributed by atoms with Crippen molar-refractivity contribution in [2.75, 3.05) is 13.1 Å². The number of hydrogen-bond acceptors (Lipinski definition) is 3. The third-order valence-electron chi connectivity index (χ3n) is 3.44. The van der Waals surface area contributed by atoms with Crippen LogP contribution in [0.25, 0.3) is 0 Å². The molecule has 2 unspecified atom stereocenters. The Hall–Kier alpha value is -0.570. The minimum absolute atomic E-state index is 0.0112. The SMILES string of the molecule is CC1CCN(S(=O)(=O)c2c(F)cc(F)cc2Br)CC1O. The van der Waals surface area contributed by atoms with Gasteiger partial charge in [-0.2, -0.15) is 4.31 Å². The molecule has 2 rings (SSSR count). The Kier molecular flexibility index (Phi) is 4.48. The van der Waals surface area contributed by atoms with E-state index < -0.39 is 32.7 Å². The van der Waals surface area contributed by atoms with E-state index in [2.05, 4.69) is 15.9 Å². The summed E-state index contributed by atoms with van der Waals surface area (Å²) in [5.74, 6) is -2.02. The zero-order chi connectivity index (χ0) is 15.1. The zero-order valence-corrected chi connectivity index (χ0v) is 13.1. The summed E-state index contributed by atoms with van der Waals surface area (Å²) in [5.41, 5.74) is 0. The quantitative estimate of drug-likeness (QED) is 0.868. The Labute approximate surface area is 124 Å². The summed E-state index contributed by atoms with van der Waals surface area (Å²) in [7, 11) is -4.11. The van der Waals surface area contributed by atoms with Crippen molar-refractivity contribution in [3.8, 4) is 0 Å². The van der Waals surface area contributed by atoms with Gasteiger partial charge in [0.15, 0.2) is 0 Å². The number of piperidine rings is 1. The number of β-amino-alcohol motifs (C(OH)–C–C–N with tert-alkyl or cyclic N) is 1. The van der Waals surface area contributed by atoms with Crippen LogP contribution in [-0.2, 0) is 10.0 Å². The first-order valence-corrected chi connectivity index (χ1v) is 8.29. The molecule has 0 aliphatic carbocycles. The number of benzene rings is 1. The third-order valence-corrected chi connectivity index (χ3v) is 6.27. The summed E-state index contributed by atoms with van der Waals surface area (Å²) >= 11 is 2.88. The summed E-state index contributed by atoms with van der Waals surface area (Å²) in [6.07, 6.45) is -0.304. The van der Waals surface area contributed by atoms with Crippen LogP contribution in [0.1, 0.15) is 13.3 Å².